The monoisotopic (exact) mass is 458 g/mol. The first-order chi connectivity index (χ1) is 16.4. The Balaban J connectivity index is 1.71. The van der Waals surface area contributed by atoms with Crippen LogP contribution in [0.1, 0.15) is 22.7 Å². The number of benzene rings is 3. The Kier molecular flexibility index (Phi) is 5.32. The highest BCUT2D eigenvalue weighted by Crippen LogP contribution is 2.44. The van der Waals surface area contributed by atoms with Crippen molar-refractivity contribution >= 4 is 28.8 Å². The molecule has 0 saturated carbocycles. The normalized spacial score (nSPS) is 19.2. The van der Waals surface area contributed by atoms with E-state index in [0.29, 0.717) is 35.7 Å². The van der Waals surface area contributed by atoms with Crippen molar-refractivity contribution in [2.75, 3.05) is 30.0 Å². The van der Waals surface area contributed by atoms with Gasteiger partial charge >= 0.3 is 0 Å². The minimum Gasteiger partial charge on any atom is -0.507 e. The molecule has 172 valence electrons. The summed E-state index contributed by atoms with van der Waals surface area (Å²) in [7, 11) is 1.92. The number of para-hydroxylation sites is 1. The topological polar surface area (TPSA) is 70.1 Å². The number of carbonyl (C=O) groups excluding carboxylic acids is 2. The highest BCUT2D eigenvalue weighted by atomic mass is 19.1. The van der Waals surface area contributed by atoms with Gasteiger partial charge in [-0.2, -0.15) is 0 Å². The predicted octanol–water partition coefficient (Wildman–Crippen LogP) is 4.59. The lowest BCUT2D eigenvalue weighted by Gasteiger charge is -2.28. The van der Waals surface area contributed by atoms with Crippen LogP contribution in [0.15, 0.2) is 72.3 Å². The molecule has 0 spiro atoms. The molecule has 0 aliphatic carbocycles. The second-order valence-electron chi connectivity index (χ2n) is 8.46. The van der Waals surface area contributed by atoms with Gasteiger partial charge in [0.1, 0.15) is 23.9 Å². The quantitative estimate of drug-likeness (QED) is 0.353. The number of hydrogen-bond donors (Lipinski definition) is 1. The number of hydrogen-bond acceptors (Lipinski definition) is 5. The first kappa shape index (κ1) is 21.7. The van der Waals surface area contributed by atoms with Crippen molar-refractivity contribution in [1.82, 2.24) is 0 Å². The highest BCUT2D eigenvalue weighted by Gasteiger charge is 2.47. The molecule has 2 heterocycles. The zero-order valence-corrected chi connectivity index (χ0v) is 18.8. The van der Waals surface area contributed by atoms with E-state index in [0.717, 1.165) is 11.3 Å². The van der Waals surface area contributed by atoms with Crippen molar-refractivity contribution in [3.63, 3.8) is 0 Å². The molecule has 1 fully saturated rings. The number of aliphatic hydroxyl groups is 1. The molecular formula is C27H23FN2O4. The van der Waals surface area contributed by atoms with Crippen LogP contribution in [-0.2, 0) is 9.59 Å². The van der Waals surface area contributed by atoms with E-state index in [1.807, 2.05) is 31.0 Å². The van der Waals surface area contributed by atoms with Crippen molar-refractivity contribution in [3.05, 3.63) is 94.8 Å². The van der Waals surface area contributed by atoms with Gasteiger partial charge in [-0.25, -0.2) is 4.39 Å². The average molecular weight is 458 g/mol. The fourth-order valence-electron chi connectivity index (χ4n) is 4.53. The van der Waals surface area contributed by atoms with Gasteiger partial charge in [0, 0.05) is 18.3 Å². The third-order valence-corrected chi connectivity index (χ3v) is 6.33. The fourth-order valence-corrected chi connectivity index (χ4v) is 4.53. The van der Waals surface area contributed by atoms with E-state index in [4.69, 9.17) is 4.74 Å². The summed E-state index contributed by atoms with van der Waals surface area (Å²) >= 11 is 0. The number of anilines is 2. The molecule has 1 N–H and O–H groups in total. The van der Waals surface area contributed by atoms with E-state index in [1.165, 1.54) is 29.2 Å². The Morgan fingerprint density at radius 3 is 2.50 bits per heavy atom. The predicted molar refractivity (Wildman–Crippen MR) is 128 cm³/mol. The number of amides is 1. The minimum absolute atomic E-state index is 0.0424. The summed E-state index contributed by atoms with van der Waals surface area (Å²) < 4.78 is 19.4. The van der Waals surface area contributed by atoms with E-state index < -0.39 is 23.5 Å². The number of nitrogens with zero attached hydrogens (tertiary/aromatic N) is 2. The first-order valence-electron chi connectivity index (χ1n) is 11.0. The second kappa shape index (κ2) is 8.33. The Labute approximate surface area is 196 Å². The summed E-state index contributed by atoms with van der Waals surface area (Å²) in [6.45, 7) is 3.08. The summed E-state index contributed by atoms with van der Waals surface area (Å²) in [6, 6.07) is 17.1. The highest BCUT2D eigenvalue weighted by molar-refractivity contribution is 6.51. The zero-order chi connectivity index (χ0) is 24.0. The molecule has 2 aliphatic rings. The van der Waals surface area contributed by atoms with E-state index in [9.17, 15) is 19.1 Å². The van der Waals surface area contributed by atoms with Crippen molar-refractivity contribution in [2.24, 2.45) is 0 Å². The average Bonchev–Trinajstić information content (AvgIpc) is 3.10. The van der Waals surface area contributed by atoms with Gasteiger partial charge in [-0.05, 0) is 54.4 Å². The number of fused-ring (bicyclic) bond motifs is 1. The van der Waals surface area contributed by atoms with Gasteiger partial charge in [0.25, 0.3) is 11.7 Å². The number of likely N-dealkylation sites (N-methyl/N-ethyl adjacent to an activating group) is 1. The summed E-state index contributed by atoms with van der Waals surface area (Å²) in [5, 5.41) is 11.4. The van der Waals surface area contributed by atoms with Crippen molar-refractivity contribution in [1.29, 1.82) is 0 Å². The smallest absolute Gasteiger partial charge is 0.300 e. The summed E-state index contributed by atoms with van der Waals surface area (Å²) in [5.41, 5.74) is 3.00. The zero-order valence-electron chi connectivity index (χ0n) is 18.8. The molecule has 0 bridgehead atoms. The largest absolute Gasteiger partial charge is 0.507 e. The molecule has 7 heteroatoms. The molecule has 1 unspecified atom stereocenters. The van der Waals surface area contributed by atoms with Gasteiger partial charge in [-0.3, -0.25) is 14.5 Å². The van der Waals surface area contributed by atoms with E-state index in [-0.39, 0.29) is 11.3 Å². The van der Waals surface area contributed by atoms with Crippen LogP contribution in [0, 0.1) is 12.7 Å². The lowest BCUT2D eigenvalue weighted by Crippen LogP contribution is -2.30. The van der Waals surface area contributed by atoms with Crippen molar-refractivity contribution in [2.45, 2.75) is 13.0 Å². The van der Waals surface area contributed by atoms with Crippen LogP contribution in [0.2, 0.25) is 0 Å². The van der Waals surface area contributed by atoms with Crippen LogP contribution < -0.4 is 14.5 Å². The van der Waals surface area contributed by atoms with Crippen LogP contribution in [0.5, 0.6) is 5.75 Å². The van der Waals surface area contributed by atoms with E-state index >= 15 is 0 Å². The van der Waals surface area contributed by atoms with Crippen molar-refractivity contribution < 1.29 is 23.8 Å². The Morgan fingerprint density at radius 1 is 1.03 bits per heavy atom. The van der Waals surface area contributed by atoms with Gasteiger partial charge < -0.3 is 14.7 Å². The number of Topliss-reactive ketones (excluding diaryl/α,β-unsaturated/α-hetero) is 1. The number of aryl methyl sites for hydroxylation is 1. The fraction of sp³-hybridized carbons (Fsp3) is 0.185. The summed E-state index contributed by atoms with van der Waals surface area (Å²) in [4.78, 5) is 29.9. The number of carbonyl (C=O) groups is 2. The molecule has 34 heavy (non-hydrogen) atoms. The molecule has 5 rings (SSSR count). The maximum Gasteiger partial charge on any atom is 0.300 e. The van der Waals surface area contributed by atoms with Crippen LogP contribution in [0.25, 0.3) is 5.76 Å². The SMILES string of the molecule is Cc1ccccc1N1C(=O)C(=O)/C(=C(\O)c2ccc3c(c2)N(C)CCO3)C1c1ccc(F)cc1. The molecule has 2 aliphatic heterocycles. The molecule has 3 aromatic carbocycles. The number of aliphatic hydroxyl groups excluding tert-OH is 1. The van der Waals surface area contributed by atoms with Gasteiger partial charge in [0.2, 0.25) is 0 Å². The maximum atomic E-state index is 13.7. The van der Waals surface area contributed by atoms with Gasteiger partial charge in [-0.15, -0.1) is 0 Å². The molecule has 0 aromatic heterocycles. The lowest BCUT2D eigenvalue weighted by atomic mass is 9.94. The lowest BCUT2D eigenvalue weighted by molar-refractivity contribution is -0.132. The summed E-state index contributed by atoms with van der Waals surface area (Å²) in [5.74, 6) is -1.58. The van der Waals surface area contributed by atoms with Crippen LogP contribution >= 0.6 is 0 Å². The molecular weight excluding hydrogens is 435 g/mol. The molecule has 6 nitrogen and oxygen atoms in total. The first-order valence-corrected chi connectivity index (χ1v) is 11.0. The molecule has 1 atom stereocenters. The number of ether oxygens (including phenoxy) is 1. The Morgan fingerprint density at radius 2 is 1.76 bits per heavy atom. The van der Waals surface area contributed by atoms with Crippen LogP contribution in [0.3, 0.4) is 0 Å². The van der Waals surface area contributed by atoms with Crippen molar-refractivity contribution in [3.8, 4) is 5.75 Å². The van der Waals surface area contributed by atoms with Gasteiger partial charge in [0.15, 0.2) is 0 Å². The Hall–Kier alpha value is -4.13. The third kappa shape index (κ3) is 3.50. The van der Waals surface area contributed by atoms with Crippen LogP contribution in [0.4, 0.5) is 15.8 Å². The minimum atomic E-state index is -0.910. The third-order valence-electron chi connectivity index (χ3n) is 6.33. The number of rotatable bonds is 3. The number of halogens is 1. The van der Waals surface area contributed by atoms with Gasteiger partial charge in [-0.1, -0.05) is 30.3 Å². The molecule has 1 saturated heterocycles. The Bertz CT molecular complexity index is 1330. The second-order valence-corrected chi connectivity index (χ2v) is 8.46. The van der Waals surface area contributed by atoms with Crippen LogP contribution in [-0.4, -0.2) is 37.0 Å². The van der Waals surface area contributed by atoms with E-state index in [2.05, 4.69) is 0 Å². The molecule has 1 amide bonds. The maximum absolute atomic E-state index is 13.7. The molecule has 3 aromatic rings. The van der Waals surface area contributed by atoms with E-state index in [1.54, 1.807) is 30.3 Å². The summed E-state index contributed by atoms with van der Waals surface area (Å²) in [6.07, 6.45) is 0. The van der Waals surface area contributed by atoms with Gasteiger partial charge in [0.05, 0.1) is 23.8 Å². The molecule has 0 radical (unpaired) electrons. The number of ketones is 1. The standard InChI is InChI=1S/C27H23FN2O4/c1-16-5-3-4-6-20(16)30-24(17-7-10-19(28)11-8-17)23(26(32)27(30)33)25(31)18-9-12-22-21(15-18)29(2)13-14-34-22/h3-12,15,24,31H,13-14H2,1-2H3/b25-23-.